The summed E-state index contributed by atoms with van der Waals surface area (Å²) in [4.78, 5) is 11.9. The van der Waals surface area contributed by atoms with Crippen LogP contribution in [0, 0.1) is 11.8 Å². The Balaban J connectivity index is 2.74. The van der Waals surface area contributed by atoms with Gasteiger partial charge in [0.2, 0.25) is 0 Å². The average Bonchev–Trinajstić information content (AvgIpc) is 2.39. The topological polar surface area (TPSA) is 37.3 Å². The summed E-state index contributed by atoms with van der Waals surface area (Å²) in [6.45, 7) is 5.03. The van der Waals surface area contributed by atoms with E-state index < -0.39 is 0 Å². The van der Waals surface area contributed by atoms with E-state index in [0.29, 0.717) is 11.7 Å². The molecule has 3 heteroatoms. The van der Waals surface area contributed by atoms with Gasteiger partial charge in [-0.25, -0.2) is 0 Å². The average molecular weight is 200 g/mol. The van der Waals surface area contributed by atoms with Gasteiger partial charge < -0.3 is 9.59 Å². The van der Waals surface area contributed by atoms with E-state index in [9.17, 15) is 4.79 Å². The standard InChI is InChI=1S/C11H22NO2/c1-8(2)11(14)10-5-9(7-13)6-12(10,3)4/h8-10,13H,5-7H2,1-4H3/q+1/t9?,10-/m0/s1. The molecule has 0 aromatic rings. The molecule has 0 aliphatic carbocycles. The summed E-state index contributed by atoms with van der Waals surface area (Å²) in [5.74, 6) is 0.749. The molecule has 1 unspecified atom stereocenters. The van der Waals surface area contributed by atoms with Crippen molar-refractivity contribution in [2.75, 3.05) is 27.2 Å². The van der Waals surface area contributed by atoms with Crippen molar-refractivity contribution in [3.63, 3.8) is 0 Å². The van der Waals surface area contributed by atoms with Crippen LogP contribution >= 0.6 is 0 Å². The largest absolute Gasteiger partial charge is 0.396 e. The minimum atomic E-state index is 0.0900. The van der Waals surface area contributed by atoms with Crippen molar-refractivity contribution in [3.8, 4) is 0 Å². The maximum absolute atomic E-state index is 11.9. The Morgan fingerprint density at radius 3 is 2.43 bits per heavy atom. The molecule has 1 rings (SSSR count). The number of likely N-dealkylation sites (tertiary alicyclic amines) is 1. The number of hydrogen-bond acceptors (Lipinski definition) is 2. The van der Waals surface area contributed by atoms with Gasteiger partial charge in [-0.1, -0.05) is 13.8 Å². The van der Waals surface area contributed by atoms with Crippen molar-refractivity contribution >= 4 is 5.78 Å². The third kappa shape index (κ3) is 2.15. The summed E-state index contributed by atoms with van der Waals surface area (Å²) in [6, 6.07) is 0.0900. The van der Waals surface area contributed by atoms with Crippen LogP contribution in [0.1, 0.15) is 20.3 Å². The van der Waals surface area contributed by atoms with Gasteiger partial charge in [-0.15, -0.1) is 0 Å². The zero-order valence-electron chi connectivity index (χ0n) is 9.66. The number of quaternary nitrogens is 1. The van der Waals surface area contributed by atoms with Crippen LogP contribution in [-0.4, -0.2) is 48.7 Å². The van der Waals surface area contributed by atoms with E-state index in [2.05, 4.69) is 14.1 Å². The molecule has 14 heavy (non-hydrogen) atoms. The highest BCUT2D eigenvalue weighted by molar-refractivity contribution is 5.84. The van der Waals surface area contributed by atoms with E-state index in [0.717, 1.165) is 17.4 Å². The number of carbonyl (C=O) groups excluding carboxylic acids is 1. The Hall–Kier alpha value is -0.410. The van der Waals surface area contributed by atoms with Crippen molar-refractivity contribution < 1.29 is 14.4 Å². The molecule has 0 spiro atoms. The fourth-order valence-corrected chi connectivity index (χ4v) is 2.45. The number of Topliss-reactive ketones (excluding diaryl/α,β-unsaturated/α-hetero) is 1. The van der Waals surface area contributed by atoms with E-state index in [-0.39, 0.29) is 18.6 Å². The molecule has 1 fully saturated rings. The van der Waals surface area contributed by atoms with Gasteiger partial charge in [0, 0.05) is 18.3 Å². The lowest BCUT2D eigenvalue weighted by molar-refractivity contribution is -0.894. The molecule has 0 amide bonds. The zero-order valence-corrected chi connectivity index (χ0v) is 9.66. The molecule has 0 saturated carbocycles. The number of aliphatic hydroxyl groups is 1. The predicted octanol–water partition coefficient (Wildman–Crippen LogP) is 0.669. The normalized spacial score (nSPS) is 31.0. The Kier molecular flexibility index (Phi) is 3.32. The maximum atomic E-state index is 11.9. The molecule has 82 valence electrons. The van der Waals surface area contributed by atoms with E-state index in [1.807, 2.05) is 13.8 Å². The summed E-state index contributed by atoms with van der Waals surface area (Å²) in [6.07, 6.45) is 0.848. The molecule has 0 aromatic carbocycles. The predicted molar refractivity (Wildman–Crippen MR) is 55.8 cm³/mol. The molecule has 1 saturated heterocycles. The highest BCUT2D eigenvalue weighted by atomic mass is 16.3. The number of ketones is 1. The molecule has 0 bridgehead atoms. The molecule has 0 aromatic heterocycles. The van der Waals surface area contributed by atoms with Gasteiger partial charge in [0.1, 0.15) is 6.04 Å². The second kappa shape index (κ2) is 3.99. The van der Waals surface area contributed by atoms with Crippen molar-refractivity contribution in [2.24, 2.45) is 11.8 Å². The monoisotopic (exact) mass is 200 g/mol. The van der Waals surface area contributed by atoms with E-state index in [1.165, 1.54) is 0 Å². The van der Waals surface area contributed by atoms with Gasteiger partial charge in [-0.2, -0.15) is 0 Å². The Morgan fingerprint density at radius 2 is 2.07 bits per heavy atom. The first-order valence-corrected chi connectivity index (χ1v) is 5.35. The van der Waals surface area contributed by atoms with Gasteiger partial charge in [-0.05, 0) is 0 Å². The SMILES string of the molecule is CC(C)C(=O)[C@@H]1CC(CO)C[N+]1(C)C. The minimum absolute atomic E-state index is 0.0900. The summed E-state index contributed by atoms with van der Waals surface area (Å²) in [5, 5.41) is 9.12. The highest BCUT2D eigenvalue weighted by Crippen LogP contribution is 2.29. The van der Waals surface area contributed by atoms with Crippen molar-refractivity contribution in [1.82, 2.24) is 0 Å². The molecular formula is C11H22NO2+. The summed E-state index contributed by atoms with van der Waals surface area (Å²) < 4.78 is 0.738. The van der Waals surface area contributed by atoms with Crippen molar-refractivity contribution in [1.29, 1.82) is 0 Å². The number of rotatable bonds is 3. The van der Waals surface area contributed by atoms with Crippen LogP contribution in [0.2, 0.25) is 0 Å². The van der Waals surface area contributed by atoms with E-state index in [1.54, 1.807) is 0 Å². The van der Waals surface area contributed by atoms with Crippen molar-refractivity contribution in [2.45, 2.75) is 26.3 Å². The third-order valence-electron chi connectivity index (χ3n) is 3.28. The minimum Gasteiger partial charge on any atom is -0.396 e. The van der Waals surface area contributed by atoms with Crippen LogP contribution in [0.15, 0.2) is 0 Å². The quantitative estimate of drug-likeness (QED) is 0.680. The Labute approximate surface area is 86.3 Å². The van der Waals surface area contributed by atoms with Crippen LogP contribution < -0.4 is 0 Å². The fourth-order valence-electron chi connectivity index (χ4n) is 2.45. The lowest BCUT2D eigenvalue weighted by atomic mass is 9.96. The van der Waals surface area contributed by atoms with Crippen LogP contribution in [-0.2, 0) is 4.79 Å². The molecule has 1 aliphatic rings. The van der Waals surface area contributed by atoms with E-state index >= 15 is 0 Å². The lowest BCUT2D eigenvalue weighted by Gasteiger charge is -2.31. The first-order chi connectivity index (χ1) is 6.38. The van der Waals surface area contributed by atoms with Gasteiger partial charge in [0.15, 0.2) is 5.78 Å². The first-order valence-electron chi connectivity index (χ1n) is 5.35. The van der Waals surface area contributed by atoms with Crippen LogP contribution in [0.3, 0.4) is 0 Å². The molecule has 0 radical (unpaired) electrons. The van der Waals surface area contributed by atoms with E-state index in [4.69, 9.17) is 5.11 Å². The Morgan fingerprint density at radius 1 is 1.50 bits per heavy atom. The molecule has 1 heterocycles. The lowest BCUT2D eigenvalue weighted by Crippen LogP contribution is -2.49. The first kappa shape index (κ1) is 11.7. The molecular weight excluding hydrogens is 178 g/mol. The van der Waals surface area contributed by atoms with Gasteiger partial charge in [-0.3, -0.25) is 4.79 Å². The summed E-state index contributed by atoms with van der Waals surface area (Å²) >= 11 is 0. The van der Waals surface area contributed by atoms with Gasteiger partial charge in [0.05, 0.1) is 27.2 Å². The molecule has 1 N–H and O–H groups in total. The second-order valence-electron chi connectivity index (χ2n) is 5.32. The third-order valence-corrected chi connectivity index (χ3v) is 3.28. The molecule has 3 nitrogen and oxygen atoms in total. The smallest absolute Gasteiger partial charge is 0.192 e. The van der Waals surface area contributed by atoms with Crippen LogP contribution in [0.4, 0.5) is 0 Å². The zero-order chi connectivity index (χ0) is 10.9. The molecule has 2 atom stereocenters. The van der Waals surface area contributed by atoms with Gasteiger partial charge >= 0.3 is 0 Å². The fraction of sp³-hybridized carbons (Fsp3) is 0.909. The van der Waals surface area contributed by atoms with Gasteiger partial charge in [0.25, 0.3) is 0 Å². The van der Waals surface area contributed by atoms with Crippen LogP contribution in [0.25, 0.3) is 0 Å². The number of hydrogen-bond donors (Lipinski definition) is 1. The van der Waals surface area contributed by atoms with Crippen molar-refractivity contribution in [3.05, 3.63) is 0 Å². The number of nitrogens with zero attached hydrogens (tertiary/aromatic N) is 1. The maximum Gasteiger partial charge on any atom is 0.192 e. The number of likely N-dealkylation sites (N-methyl/N-ethyl adjacent to an activating group) is 1. The second-order valence-corrected chi connectivity index (χ2v) is 5.32. The van der Waals surface area contributed by atoms with Crippen LogP contribution in [0.5, 0.6) is 0 Å². The summed E-state index contributed by atoms with van der Waals surface area (Å²) in [7, 11) is 4.17. The number of carbonyl (C=O) groups is 1. The highest BCUT2D eigenvalue weighted by Gasteiger charge is 2.45. The number of aliphatic hydroxyl groups excluding tert-OH is 1. The summed E-state index contributed by atoms with van der Waals surface area (Å²) in [5.41, 5.74) is 0. The molecule has 1 aliphatic heterocycles. The Bertz CT molecular complexity index is 223.